The van der Waals surface area contributed by atoms with Crippen LogP contribution in [0.15, 0.2) is 54.7 Å². The number of aryl methyl sites for hydroxylation is 1. The predicted octanol–water partition coefficient (Wildman–Crippen LogP) is 3.42. The van der Waals surface area contributed by atoms with Crippen molar-refractivity contribution in [1.82, 2.24) is 4.98 Å². The number of benzene rings is 2. The lowest BCUT2D eigenvalue weighted by atomic mass is 10.1. The summed E-state index contributed by atoms with van der Waals surface area (Å²) >= 11 is 0. The number of esters is 1. The number of aromatic nitrogens is 1. The van der Waals surface area contributed by atoms with Crippen LogP contribution < -0.4 is 5.32 Å². The monoisotopic (exact) mass is 340 g/mol. The van der Waals surface area contributed by atoms with Gasteiger partial charge in [-0.15, -0.1) is 0 Å². The van der Waals surface area contributed by atoms with E-state index in [1.807, 2.05) is 30.5 Å². The zero-order valence-corrected chi connectivity index (χ0v) is 13.4. The first kappa shape index (κ1) is 16.7. The SMILES string of the molecule is O=C(COC(=O)CCc1c[nH]c2ccccc12)Nc1ccccc1F. The number of para-hydroxylation sites is 2. The summed E-state index contributed by atoms with van der Waals surface area (Å²) in [5.74, 6) is -1.60. The van der Waals surface area contributed by atoms with Crippen molar-refractivity contribution in [2.45, 2.75) is 12.8 Å². The molecule has 0 aliphatic carbocycles. The van der Waals surface area contributed by atoms with Crippen molar-refractivity contribution in [1.29, 1.82) is 0 Å². The number of ether oxygens (including phenoxy) is 1. The lowest BCUT2D eigenvalue weighted by Crippen LogP contribution is -2.21. The minimum atomic E-state index is -0.578. The molecule has 2 N–H and O–H groups in total. The molecule has 0 saturated carbocycles. The van der Waals surface area contributed by atoms with Crippen LogP contribution in [0.25, 0.3) is 10.9 Å². The maximum absolute atomic E-state index is 13.4. The molecule has 3 rings (SSSR count). The van der Waals surface area contributed by atoms with E-state index in [-0.39, 0.29) is 12.1 Å². The number of amides is 1. The summed E-state index contributed by atoms with van der Waals surface area (Å²) in [6.45, 7) is -0.443. The molecule has 0 saturated heterocycles. The fraction of sp³-hybridized carbons (Fsp3) is 0.158. The highest BCUT2D eigenvalue weighted by Crippen LogP contribution is 2.19. The molecule has 0 aliphatic heterocycles. The normalized spacial score (nSPS) is 10.6. The Morgan fingerprint density at radius 1 is 1.08 bits per heavy atom. The molecule has 0 fully saturated rings. The van der Waals surface area contributed by atoms with E-state index in [0.717, 1.165) is 16.5 Å². The Morgan fingerprint density at radius 2 is 1.84 bits per heavy atom. The van der Waals surface area contributed by atoms with Gasteiger partial charge in [-0.3, -0.25) is 9.59 Å². The van der Waals surface area contributed by atoms with Crippen LogP contribution in [0.5, 0.6) is 0 Å². The second kappa shape index (κ2) is 7.61. The third kappa shape index (κ3) is 4.23. The van der Waals surface area contributed by atoms with Gasteiger partial charge in [-0.25, -0.2) is 4.39 Å². The molecule has 0 spiro atoms. The molecule has 5 nitrogen and oxygen atoms in total. The van der Waals surface area contributed by atoms with Crippen molar-refractivity contribution < 1.29 is 18.7 Å². The van der Waals surface area contributed by atoms with E-state index in [2.05, 4.69) is 10.3 Å². The molecule has 1 amide bonds. The Morgan fingerprint density at radius 3 is 2.68 bits per heavy atom. The number of nitrogens with one attached hydrogen (secondary N) is 2. The van der Waals surface area contributed by atoms with Gasteiger partial charge >= 0.3 is 5.97 Å². The zero-order valence-electron chi connectivity index (χ0n) is 13.4. The molecule has 0 aliphatic rings. The number of aromatic amines is 1. The summed E-state index contributed by atoms with van der Waals surface area (Å²) in [5, 5.41) is 3.43. The van der Waals surface area contributed by atoms with Crippen LogP contribution >= 0.6 is 0 Å². The number of H-pyrrole nitrogens is 1. The summed E-state index contributed by atoms with van der Waals surface area (Å²) in [6, 6.07) is 13.6. The molecule has 1 heterocycles. The molecule has 1 aromatic heterocycles. The fourth-order valence-corrected chi connectivity index (χ4v) is 2.54. The second-order valence-electron chi connectivity index (χ2n) is 5.55. The summed E-state index contributed by atoms with van der Waals surface area (Å²) in [5.41, 5.74) is 2.08. The van der Waals surface area contributed by atoms with Gasteiger partial charge in [0.15, 0.2) is 6.61 Å². The first-order chi connectivity index (χ1) is 12.1. The third-order valence-corrected chi connectivity index (χ3v) is 3.79. The quantitative estimate of drug-likeness (QED) is 0.676. The highest BCUT2D eigenvalue weighted by Gasteiger charge is 2.11. The molecule has 2 aromatic carbocycles. The fourth-order valence-electron chi connectivity index (χ4n) is 2.54. The lowest BCUT2D eigenvalue weighted by Gasteiger charge is -2.07. The maximum Gasteiger partial charge on any atom is 0.306 e. The van der Waals surface area contributed by atoms with Crippen LogP contribution in [0, 0.1) is 5.82 Å². The van der Waals surface area contributed by atoms with Crippen LogP contribution in [0.1, 0.15) is 12.0 Å². The van der Waals surface area contributed by atoms with Crippen molar-refractivity contribution in [2.75, 3.05) is 11.9 Å². The minimum absolute atomic E-state index is 0.0577. The predicted molar refractivity (Wildman–Crippen MR) is 92.6 cm³/mol. The molecular weight excluding hydrogens is 323 g/mol. The number of halogens is 1. The summed E-state index contributed by atoms with van der Waals surface area (Å²) in [7, 11) is 0. The van der Waals surface area contributed by atoms with Gasteiger partial charge < -0.3 is 15.0 Å². The Kier molecular flexibility index (Phi) is 5.09. The van der Waals surface area contributed by atoms with Crippen molar-refractivity contribution in [2.24, 2.45) is 0 Å². The smallest absolute Gasteiger partial charge is 0.306 e. The van der Waals surface area contributed by atoms with Gasteiger partial charge in [0.2, 0.25) is 0 Å². The zero-order chi connectivity index (χ0) is 17.6. The van der Waals surface area contributed by atoms with E-state index in [1.54, 1.807) is 6.07 Å². The van der Waals surface area contributed by atoms with Gasteiger partial charge in [0.1, 0.15) is 5.82 Å². The molecule has 0 unspecified atom stereocenters. The second-order valence-corrected chi connectivity index (χ2v) is 5.55. The van der Waals surface area contributed by atoms with Gasteiger partial charge in [0.05, 0.1) is 5.69 Å². The van der Waals surface area contributed by atoms with Crippen LogP contribution in [-0.2, 0) is 20.7 Å². The van der Waals surface area contributed by atoms with Gasteiger partial charge in [-0.2, -0.15) is 0 Å². The van der Waals surface area contributed by atoms with Crippen molar-refractivity contribution in [3.63, 3.8) is 0 Å². The van der Waals surface area contributed by atoms with E-state index < -0.39 is 24.3 Å². The number of carbonyl (C=O) groups is 2. The number of carbonyl (C=O) groups excluding carboxylic acids is 2. The highest BCUT2D eigenvalue weighted by atomic mass is 19.1. The van der Waals surface area contributed by atoms with Gasteiger partial charge in [0, 0.05) is 23.5 Å². The topological polar surface area (TPSA) is 71.2 Å². The first-order valence-electron chi connectivity index (χ1n) is 7.88. The summed E-state index contributed by atoms with van der Waals surface area (Å²) in [6.07, 6.45) is 2.54. The average Bonchev–Trinajstić information content (AvgIpc) is 3.03. The molecule has 25 heavy (non-hydrogen) atoms. The Labute approximate surface area is 143 Å². The van der Waals surface area contributed by atoms with E-state index >= 15 is 0 Å². The number of rotatable bonds is 6. The van der Waals surface area contributed by atoms with Crippen LogP contribution in [0.4, 0.5) is 10.1 Å². The number of hydrogen-bond acceptors (Lipinski definition) is 3. The molecule has 0 bridgehead atoms. The van der Waals surface area contributed by atoms with E-state index in [1.165, 1.54) is 18.2 Å². The van der Waals surface area contributed by atoms with Crippen molar-refractivity contribution in [3.8, 4) is 0 Å². The van der Waals surface area contributed by atoms with E-state index in [9.17, 15) is 14.0 Å². The molecular formula is C19H17FN2O3. The Balaban J connectivity index is 1.46. The molecule has 6 heteroatoms. The summed E-state index contributed by atoms with van der Waals surface area (Å²) < 4.78 is 18.4. The average molecular weight is 340 g/mol. The molecule has 128 valence electrons. The third-order valence-electron chi connectivity index (χ3n) is 3.79. The molecule has 0 radical (unpaired) electrons. The largest absolute Gasteiger partial charge is 0.456 e. The highest BCUT2D eigenvalue weighted by molar-refractivity contribution is 5.93. The molecule has 3 aromatic rings. The number of anilines is 1. The van der Waals surface area contributed by atoms with E-state index in [0.29, 0.717) is 6.42 Å². The van der Waals surface area contributed by atoms with Gasteiger partial charge in [0.25, 0.3) is 5.91 Å². The maximum atomic E-state index is 13.4. The Bertz CT molecular complexity index is 904. The lowest BCUT2D eigenvalue weighted by molar-refractivity contribution is -0.147. The minimum Gasteiger partial charge on any atom is -0.456 e. The van der Waals surface area contributed by atoms with Gasteiger partial charge in [-0.1, -0.05) is 30.3 Å². The van der Waals surface area contributed by atoms with Crippen molar-refractivity contribution in [3.05, 3.63) is 66.1 Å². The van der Waals surface area contributed by atoms with Crippen LogP contribution in [0.2, 0.25) is 0 Å². The van der Waals surface area contributed by atoms with Crippen molar-refractivity contribution >= 4 is 28.5 Å². The standard InChI is InChI=1S/C19H17FN2O3/c20-15-6-2-4-8-17(15)22-18(23)12-25-19(24)10-9-13-11-21-16-7-3-1-5-14(13)16/h1-8,11,21H,9-10,12H2,(H,22,23). The van der Waals surface area contributed by atoms with Crippen LogP contribution in [-0.4, -0.2) is 23.5 Å². The number of hydrogen-bond donors (Lipinski definition) is 2. The first-order valence-corrected chi connectivity index (χ1v) is 7.88. The summed E-state index contributed by atoms with van der Waals surface area (Å²) in [4.78, 5) is 26.7. The molecule has 0 atom stereocenters. The van der Waals surface area contributed by atoms with Crippen LogP contribution in [0.3, 0.4) is 0 Å². The van der Waals surface area contributed by atoms with E-state index in [4.69, 9.17) is 4.74 Å². The van der Waals surface area contributed by atoms with Gasteiger partial charge in [-0.05, 0) is 30.2 Å². The Hall–Kier alpha value is -3.15. The number of fused-ring (bicyclic) bond motifs is 1.